The zero-order valence-electron chi connectivity index (χ0n) is 31.7. The van der Waals surface area contributed by atoms with E-state index in [2.05, 4.69) is 23.1 Å². The Hall–Kier alpha value is -5.51. The molecule has 0 spiro atoms. The molecule has 6 atom stereocenters. The molecular formula is C47H44ClN3O6. The highest BCUT2D eigenvalue weighted by molar-refractivity contribution is 6.32. The fraction of sp³-hybridized carbons (Fsp3) is 0.319. The van der Waals surface area contributed by atoms with Crippen molar-refractivity contribution in [3.63, 3.8) is 0 Å². The molecule has 3 aliphatic heterocycles. The van der Waals surface area contributed by atoms with Gasteiger partial charge < -0.3 is 9.84 Å². The van der Waals surface area contributed by atoms with Crippen molar-refractivity contribution in [3.8, 4) is 11.5 Å². The summed E-state index contributed by atoms with van der Waals surface area (Å²) >= 11 is 6.44. The molecule has 10 heteroatoms. The van der Waals surface area contributed by atoms with Crippen LogP contribution in [0.1, 0.15) is 42.4 Å². The number of aromatic hydroxyl groups is 1. The molecule has 5 aliphatic rings. The quantitative estimate of drug-likeness (QED) is 0.147. The molecule has 0 aromatic heterocycles. The van der Waals surface area contributed by atoms with Gasteiger partial charge in [-0.1, -0.05) is 108 Å². The minimum Gasteiger partial charge on any atom is -0.504 e. The Morgan fingerprint density at radius 2 is 1.58 bits per heavy atom. The van der Waals surface area contributed by atoms with Gasteiger partial charge in [0.25, 0.3) is 0 Å². The van der Waals surface area contributed by atoms with Gasteiger partial charge in [0.05, 0.1) is 36.0 Å². The van der Waals surface area contributed by atoms with Crippen LogP contribution in [0.4, 0.5) is 5.69 Å². The van der Waals surface area contributed by atoms with Crippen LogP contribution in [0.3, 0.4) is 0 Å². The number of halogens is 1. The average molecular weight is 782 g/mol. The fourth-order valence-corrected chi connectivity index (χ4v) is 10.7. The van der Waals surface area contributed by atoms with E-state index >= 15 is 4.79 Å². The minimum absolute atomic E-state index is 0.00111. The number of allylic oxidation sites excluding steroid dienone is 3. The lowest BCUT2D eigenvalue weighted by molar-refractivity contribution is -0.144. The second-order valence-electron chi connectivity index (χ2n) is 16.0. The molecule has 0 unspecified atom stereocenters. The number of hydrogen-bond donors (Lipinski definition) is 1. The lowest BCUT2D eigenvalue weighted by Crippen LogP contribution is -2.54. The Kier molecular flexibility index (Phi) is 9.61. The number of hydrogen-bond acceptors (Lipinski definition) is 7. The maximum atomic E-state index is 15.4. The van der Waals surface area contributed by atoms with Crippen LogP contribution in [-0.4, -0.2) is 64.8 Å². The number of carbonyl (C=O) groups is 4. The van der Waals surface area contributed by atoms with Crippen LogP contribution in [0.2, 0.25) is 5.02 Å². The third kappa shape index (κ3) is 6.10. The minimum atomic E-state index is -1.36. The summed E-state index contributed by atoms with van der Waals surface area (Å²) in [5.41, 5.74) is 2.59. The number of imide groups is 2. The third-order valence-corrected chi connectivity index (χ3v) is 13.4. The van der Waals surface area contributed by atoms with Gasteiger partial charge in [-0.15, -0.1) is 0 Å². The number of fused-ring (bicyclic) bond motifs is 4. The van der Waals surface area contributed by atoms with Gasteiger partial charge in [-0.3, -0.25) is 29.0 Å². The predicted octanol–water partition coefficient (Wildman–Crippen LogP) is 7.43. The van der Waals surface area contributed by atoms with Crippen molar-refractivity contribution < 1.29 is 29.0 Å². The van der Waals surface area contributed by atoms with Gasteiger partial charge in [0.1, 0.15) is 0 Å². The second-order valence-corrected chi connectivity index (χ2v) is 16.4. The lowest BCUT2D eigenvalue weighted by atomic mass is 9.50. The van der Waals surface area contributed by atoms with Crippen LogP contribution in [0, 0.1) is 29.6 Å². The number of carbonyl (C=O) groups excluding carboxylic acids is 4. The molecule has 1 saturated carbocycles. The summed E-state index contributed by atoms with van der Waals surface area (Å²) < 4.78 is 5.40. The first-order valence-electron chi connectivity index (χ1n) is 19.8. The number of likely N-dealkylation sites (tertiary alicyclic amines) is 2. The second kappa shape index (κ2) is 14.8. The van der Waals surface area contributed by atoms with E-state index in [0.29, 0.717) is 41.3 Å². The van der Waals surface area contributed by atoms with Crippen molar-refractivity contribution >= 4 is 47.0 Å². The smallest absolute Gasteiger partial charge is 0.246 e. The number of anilines is 1. The summed E-state index contributed by atoms with van der Waals surface area (Å²) in [4.78, 5) is 64.7. The van der Waals surface area contributed by atoms with Crippen molar-refractivity contribution in [1.82, 2.24) is 9.80 Å². The molecule has 9 rings (SSSR count). The molecule has 9 nitrogen and oxygen atoms in total. The van der Waals surface area contributed by atoms with Gasteiger partial charge in [0, 0.05) is 36.6 Å². The normalized spacial score (nSPS) is 27.8. The molecule has 1 N–H and O–H groups in total. The Morgan fingerprint density at radius 3 is 2.30 bits per heavy atom. The number of phenolic OH excluding ortho intramolecular Hbond substituents is 1. The highest BCUT2D eigenvalue weighted by atomic mass is 35.5. The first kappa shape index (κ1) is 37.1. The summed E-state index contributed by atoms with van der Waals surface area (Å²) in [5.74, 6) is -3.79. The summed E-state index contributed by atoms with van der Waals surface area (Å²) in [6.07, 6.45) is 7.96. The van der Waals surface area contributed by atoms with E-state index in [0.717, 1.165) is 30.8 Å². The molecule has 3 saturated heterocycles. The van der Waals surface area contributed by atoms with E-state index in [1.54, 1.807) is 47.4 Å². The van der Waals surface area contributed by atoms with Crippen LogP contribution in [-0.2, 0) is 31.1 Å². The SMILES string of the molecule is COc1cc(C=C[C@H]2C3=CC[C@@H]4C(=O)N(C5CCN(Cc6ccccc6)CC5)C(=O)[C@@H]4[C@@H]3C[C@H]3C(=O)N(c4cccc(Cl)c4)C(=O)[C@@]23c2ccccc2)ccc1O. The van der Waals surface area contributed by atoms with Gasteiger partial charge >= 0.3 is 0 Å². The number of methoxy groups -OCH3 is 1. The molecule has 4 fully saturated rings. The first-order chi connectivity index (χ1) is 27.7. The largest absolute Gasteiger partial charge is 0.504 e. The molecule has 4 aromatic rings. The Bertz CT molecular complexity index is 2300. The Balaban J connectivity index is 1.11. The molecular weight excluding hydrogens is 738 g/mol. The molecule has 290 valence electrons. The number of rotatable bonds is 8. The third-order valence-electron chi connectivity index (χ3n) is 13.1. The van der Waals surface area contributed by atoms with E-state index in [-0.39, 0.29) is 41.8 Å². The molecule has 2 aliphatic carbocycles. The number of phenols is 1. The van der Waals surface area contributed by atoms with Crippen LogP contribution >= 0.6 is 11.6 Å². The van der Waals surface area contributed by atoms with Gasteiger partial charge in [-0.2, -0.15) is 0 Å². The standard InChI is InChI=1S/C47H44ClN3O6/c1-57-41-25-29(16-20-40(41)52)15-19-38-35-17-18-36-42(45(55)50(43(36)53)33-21-23-49(24-22-33)28-30-9-4-2-5-10-30)37(35)27-39-44(54)51(34-14-8-13-32(48)26-34)46(56)47(38,39)31-11-6-3-7-12-31/h2-17,19-20,25-26,33,36-39,42,52H,18,21-24,27-28H2,1H3/t36-,37+,38-,39-,42-,47-/m0/s1. The number of ether oxygens (including phenoxy) is 1. The summed E-state index contributed by atoms with van der Waals surface area (Å²) in [5, 5.41) is 10.7. The molecule has 0 bridgehead atoms. The van der Waals surface area contributed by atoms with Crippen molar-refractivity contribution in [2.24, 2.45) is 29.6 Å². The maximum absolute atomic E-state index is 15.4. The van der Waals surface area contributed by atoms with E-state index in [1.165, 1.54) is 17.6 Å². The monoisotopic (exact) mass is 781 g/mol. The zero-order valence-corrected chi connectivity index (χ0v) is 32.4. The van der Waals surface area contributed by atoms with Crippen molar-refractivity contribution in [2.45, 2.75) is 43.7 Å². The highest BCUT2D eigenvalue weighted by Gasteiger charge is 2.69. The number of benzene rings is 4. The van der Waals surface area contributed by atoms with E-state index in [1.807, 2.05) is 60.7 Å². The summed E-state index contributed by atoms with van der Waals surface area (Å²) in [6.45, 7) is 2.39. The molecule has 57 heavy (non-hydrogen) atoms. The average Bonchev–Trinajstić information content (AvgIpc) is 3.62. The fourth-order valence-electron chi connectivity index (χ4n) is 10.6. The number of nitrogens with zero attached hydrogens (tertiary/aromatic N) is 3. The van der Waals surface area contributed by atoms with Gasteiger partial charge in [-0.25, -0.2) is 4.90 Å². The summed E-state index contributed by atoms with van der Waals surface area (Å²) in [7, 11) is 1.48. The van der Waals surface area contributed by atoms with Crippen molar-refractivity contribution in [1.29, 1.82) is 0 Å². The molecule has 3 heterocycles. The van der Waals surface area contributed by atoms with Crippen molar-refractivity contribution in [2.75, 3.05) is 25.1 Å². The van der Waals surface area contributed by atoms with Crippen LogP contribution < -0.4 is 9.64 Å². The number of amides is 4. The molecule has 4 aromatic carbocycles. The van der Waals surface area contributed by atoms with E-state index < -0.39 is 35.0 Å². The zero-order chi connectivity index (χ0) is 39.4. The van der Waals surface area contributed by atoms with Crippen molar-refractivity contribution in [3.05, 3.63) is 143 Å². The van der Waals surface area contributed by atoms with Gasteiger partial charge in [0.2, 0.25) is 23.6 Å². The number of piperidine rings is 1. The Labute approximate surface area is 337 Å². The van der Waals surface area contributed by atoms with E-state index in [9.17, 15) is 19.5 Å². The van der Waals surface area contributed by atoms with E-state index in [4.69, 9.17) is 16.3 Å². The van der Waals surface area contributed by atoms with Gasteiger partial charge in [-0.05, 0) is 78.6 Å². The van der Waals surface area contributed by atoms with Gasteiger partial charge in [0.15, 0.2) is 11.5 Å². The molecule has 0 radical (unpaired) electrons. The lowest BCUT2D eigenvalue weighted by Gasteiger charge is -2.49. The maximum Gasteiger partial charge on any atom is 0.246 e. The van der Waals surface area contributed by atoms with Crippen LogP contribution in [0.5, 0.6) is 11.5 Å². The first-order valence-corrected chi connectivity index (χ1v) is 20.2. The topological polar surface area (TPSA) is 107 Å². The Morgan fingerprint density at radius 1 is 0.842 bits per heavy atom. The van der Waals surface area contributed by atoms with Crippen LogP contribution in [0.25, 0.3) is 6.08 Å². The predicted molar refractivity (Wildman–Crippen MR) is 217 cm³/mol. The van der Waals surface area contributed by atoms with Crippen LogP contribution in [0.15, 0.2) is 121 Å². The summed E-state index contributed by atoms with van der Waals surface area (Å²) in [6, 6.07) is 31.4. The molecule has 4 amide bonds. The highest BCUT2D eigenvalue weighted by Crippen LogP contribution is 2.62.